The van der Waals surface area contributed by atoms with Crippen LogP contribution in [0.3, 0.4) is 0 Å². The summed E-state index contributed by atoms with van der Waals surface area (Å²) in [4.78, 5) is 12.0. The van der Waals surface area contributed by atoms with Crippen LogP contribution < -0.4 is 0 Å². The van der Waals surface area contributed by atoms with Crippen molar-refractivity contribution in [2.75, 3.05) is 0 Å². The monoisotopic (exact) mass is 402 g/mol. The van der Waals surface area contributed by atoms with Crippen LogP contribution in [0.2, 0.25) is 0 Å². The van der Waals surface area contributed by atoms with Gasteiger partial charge in [0.1, 0.15) is 0 Å². The van der Waals surface area contributed by atoms with E-state index in [1.54, 1.807) is 6.92 Å². The van der Waals surface area contributed by atoms with Gasteiger partial charge in [0.05, 0.1) is 0 Å². The van der Waals surface area contributed by atoms with Gasteiger partial charge < -0.3 is 4.74 Å². The van der Waals surface area contributed by atoms with E-state index in [-0.39, 0.29) is 9.58 Å². The molecule has 0 N–H and O–H groups in total. The van der Waals surface area contributed by atoms with E-state index in [4.69, 9.17) is 4.74 Å². The molecule has 2 nitrogen and oxygen atoms in total. The Morgan fingerprint density at radius 1 is 1.38 bits per heavy atom. The maximum absolute atomic E-state index is 12.0. The van der Waals surface area contributed by atoms with Gasteiger partial charge in [-0.1, -0.05) is 33.3 Å². The molecule has 0 amide bonds. The van der Waals surface area contributed by atoms with Crippen LogP contribution in [0.4, 0.5) is 0 Å². The SMILES string of the molecule is C=C(C)C(=O)OC1(I)CC2CC1C1C(C)CCC(CC)C21. The summed E-state index contributed by atoms with van der Waals surface area (Å²) in [5.74, 6) is 4.45. The smallest absolute Gasteiger partial charge is 0.334 e. The summed E-state index contributed by atoms with van der Waals surface area (Å²) in [6.07, 6.45) is 6.40. The number of hydrogen-bond acceptors (Lipinski definition) is 2. The number of rotatable bonds is 3. The predicted molar refractivity (Wildman–Crippen MR) is 93.0 cm³/mol. The van der Waals surface area contributed by atoms with Crippen molar-refractivity contribution in [1.29, 1.82) is 0 Å². The van der Waals surface area contributed by atoms with Crippen LogP contribution in [0.15, 0.2) is 12.2 Å². The normalized spacial score (nSPS) is 48.0. The zero-order valence-corrected chi connectivity index (χ0v) is 15.6. The second-order valence-corrected chi connectivity index (χ2v) is 9.47. The fourth-order valence-corrected chi connectivity index (χ4v) is 7.02. The van der Waals surface area contributed by atoms with Crippen LogP contribution in [0.5, 0.6) is 0 Å². The number of alkyl halides is 1. The molecule has 3 aliphatic carbocycles. The van der Waals surface area contributed by atoms with Gasteiger partial charge in [-0.25, -0.2) is 4.79 Å². The Hall–Kier alpha value is -0.0600. The van der Waals surface area contributed by atoms with Crippen molar-refractivity contribution < 1.29 is 9.53 Å². The van der Waals surface area contributed by atoms with Gasteiger partial charge >= 0.3 is 5.97 Å². The fourth-order valence-electron chi connectivity index (χ4n) is 5.59. The molecule has 3 saturated carbocycles. The first-order valence-corrected chi connectivity index (χ1v) is 9.53. The first-order valence-electron chi connectivity index (χ1n) is 8.45. The lowest BCUT2D eigenvalue weighted by atomic mass is 9.60. The zero-order valence-electron chi connectivity index (χ0n) is 13.4. The molecule has 0 aromatic carbocycles. The molecule has 2 bridgehead atoms. The van der Waals surface area contributed by atoms with Crippen LogP contribution >= 0.6 is 22.6 Å². The average molecular weight is 402 g/mol. The Labute approximate surface area is 142 Å². The molecular weight excluding hydrogens is 375 g/mol. The highest BCUT2D eigenvalue weighted by molar-refractivity contribution is 14.1. The highest BCUT2D eigenvalue weighted by Crippen LogP contribution is 2.67. The third-order valence-electron chi connectivity index (χ3n) is 6.43. The Balaban J connectivity index is 1.82. The van der Waals surface area contributed by atoms with Crippen LogP contribution in [0.1, 0.15) is 52.9 Å². The summed E-state index contributed by atoms with van der Waals surface area (Å²) in [6, 6.07) is 0. The number of ether oxygens (including phenoxy) is 1. The van der Waals surface area contributed by atoms with Gasteiger partial charge in [0.25, 0.3) is 0 Å². The Morgan fingerprint density at radius 3 is 2.71 bits per heavy atom. The Morgan fingerprint density at radius 2 is 2.10 bits per heavy atom. The number of carbonyl (C=O) groups excluding carboxylic acids is 1. The zero-order chi connectivity index (χ0) is 15.4. The third-order valence-corrected chi connectivity index (χ3v) is 7.89. The summed E-state index contributed by atoms with van der Waals surface area (Å²) < 4.78 is 5.63. The lowest BCUT2D eigenvalue weighted by molar-refractivity contribution is -0.152. The first-order chi connectivity index (χ1) is 9.87. The van der Waals surface area contributed by atoms with Gasteiger partial charge in [-0.2, -0.15) is 0 Å². The molecular formula is C18H27IO2. The maximum Gasteiger partial charge on any atom is 0.334 e. The second-order valence-electron chi connectivity index (χ2n) is 7.64. The molecule has 0 radical (unpaired) electrons. The predicted octanol–water partition coefficient (Wildman–Crippen LogP) is 4.97. The molecule has 7 atom stereocenters. The minimum Gasteiger partial charge on any atom is -0.445 e. The molecule has 3 rings (SSSR count). The summed E-state index contributed by atoms with van der Waals surface area (Å²) in [5, 5.41) is 0. The van der Waals surface area contributed by atoms with Gasteiger partial charge in [0, 0.05) is 11.5 Å². The average Bonchev–Trinajstić information content (AvgIpc) is 2.94. The van der Waals surface area contributed by atoms with Gasteiger partial charge in [-0.15, -0.1) is 0 Å². The molecule has 0 aromatic rings. The molecule has 0 aromatic heterocycles. The molecule has 0 heterocycles. The molecule has 0 saturated heterocycles. The third kappa shape index (κ3) is 2.47. The fraction of sp³-hybridized carbons (Fsp3) is 0.833. The Bertz CT molecular complexity index is 460. The lowest BCUT2D eigenvalue weighted by Crippen LogP contribution is -2.47. The van der Waals surface area contributed by atoms with Crippen molar-refractivity contribution in [3.63, 3.8) is 0 Å². The van der Waals surface area contributed by atoms with Crippen molar-refractivity contribution >= 4 is 28.6 Å². The van der Waals surface area contributed by atoms with E-state index in [1.165, 1.54) is 25.7 Å². The van der Waals surface area contributed by atoms with Crippen LogP contribution in [-0.4, -0.2) is 9.58 Å². The van der Waals surface area contributed by atoms with Crippen molar-refractivity contribution in [1.82, 2.24) is 0 Å². The minimum atomic E-state index is -0.274. The maximum atomic E-state index is 12.0. The van der Waals surface area contributed by atoms with E-state index >= 15 is 0 Å². The number of esters is 1. The van der Waals surface area contributed by atoms with E-state index in [0.717, 1.165) is 36.0 Å². The summed E-state index contributed by atoms with van der Waals surface area (Å²) in [5.41, 5.74) is 0.522. The summed E-state index contributed by atoms with van der Waals surface area (Å²) >= 11 is 2.44. The minimum absolute atomic E-state index is 0.205. The van der Waals surface area contributed by atoms with Crippen molar-refractivity contribution in [3.05, 3.63) is 12.2 Å². The molecule has 0 spiro atoms. The van der Waals surface area contributed by atoms with E-state index in [0.29, 0.717) is 11.5 Å². The van der Waals surface area contributed by atoms with E-state index < -0.39 is 0 Å². The number of fused-ring (bicyclic) bond motifs is 5. The van der Waals surface area contributed by atoms with E-state index in [1.807, 2.05) is 0 Å². The number of carbonyl (C=O) groups is 1. The van der Waals surface area contributed by atoms with Crippen LogP contribution in [0.25, 0.3) is 0 Å². The lowest BCUT2D eigenvalue weighted by Gasteiger charge is -2.49. The molecule has 0 aliphatic heterocycles. The van der Waals surface area contributed by atoms with Gasteiger partial charge in [0.2, 0.25) is 0 Å². The summed E-state index contributed by atoms with van der Waals surface area (Å²) in [7, 11) is 0. The van der Waals surface area contributed by atoms with Crippen molar-refractivity contribution in [2.24, 2.45) is 35.5 Å². The second kappa shape index (κ2) is 5.54. The molecule has 21 heavy (non-hydrogen) atoms. The molecule has 3 heteroatoms. The first kappa shape index (κ1) is 15.8. The molecule has 118 valence electrons. The molecule has 7 unspecified atom stereocenters. The Kier molecular flexibility index (Phi) is 4.17. The number of hydrogen-bond donors (Lipinski definition) is 0. The quantitative estimate of drug-likeness (QED) is 0.289. The standard InChI is InChI=1S/C18H27IO2/c1-5-12-7-6-11(4)15-14-8-13(16(12)15)9-18(14,19)21-17(20)10(2)3/h11-16H,2,5-9H2,1,3-4H3. The highest BCUT2D eigenvalue weighted by atomic mass is 127. The van der Waals surface area contributed by atoms with Gasteiger partial charge in [-0.3, -0.25) is 0 Å². The highest BCUT2D eigenvalue weighted by Gasteiger charge is 2.64. The van der Waals surface area contributed by atoms with E-state index in [2.05, 4.69) is 43.0 Å². The van der Waals surface area contributed by atoms with Gasteiger partial charge in [-0.05, 0) is 78.4 Å². The van der Waals surface area contributed by atoms with Crippen LogP contribution in [-0.2, 0) is 9.53 Å². The van der Waals surface area contributed by atoms with Crippen LogP contribution in [0, 0.1) is 35.5 Å². The van der Waals surface area contributed by atoms with Crippen molar-refractivity contribution in [3.8, 4) is 0 Å². The number of halogens is 1. The van der Waals surface area contributed by atoms with E-state index in [9.17, 15) is 4.79 Å². The largest absolute Gasteiger partial charge is 0.445 e. The molecule has 3 fully saturated rings. The van der Waals surface area contributed by atoms with Crippen molar-refractivity contribution in [2.45, 2.75) is 56.5 Å². The summed E-state index contributed by atoms with van der Waals surface area (Å²) in [6.45, 7) is 10.2. The molecule has 3 aliphatic rings. The topological polar surface area (TPSA) is 26.3 Å². The van der Waals surface area contributed by atoms with Gasteiger partial charge in [0.15, 0.2) is 3.61 Å².